The Morgan fingerprint density at radius 2 is 2.05 bits per heavy atom. The fraction of sp³-hybridized carbons (Fsp3) is 0.571. The van der Waals surface area contributed by atoms with Crippen molar-refractivity contribution in [2.45, 2.75) is 6.10 Å². The molecule has 1 fully saturated rings. The van der Waals surface area contributed by atoms with E-state index in [-0.39, 0.29) is 12.1 Å². The average molecular weight is 302 g/mol. The van der Waals surface area contributed by atoms with Gasteiger partial charge in [0.2, 0.25) is 0 Å². The summed E-state index contributed by atoms with van der Waals surface area (Å²) in [6.07, 6.45) is -0.951. The molecule has 20 heavy (non-hydrogen) atoms. The predicted octanol–water partition coefficient (Wildman–Crippen LogP) is 1.64. The zero-order valence-electron chi connectivity index (χ0n) is 11.3. The summed E-state index contributed by atoms with van der Waals surface area (Å²) in [5.41, 5.74) is 0.133. The molecule has 1 atom stereocenters. The number of thioether (sulfide) groups is 1. The van der Waals surface area contributed by atoms with E-state index in [4.69, 9.17) is 0 Å². The van der Waals surface area contributed by atoms with Crippen LogP contribution in [-0.4, -0.2) is 54.2 Å². The van der Waals surface area contributed by atoms with Crippen LogP contribution in [0.3, 0.4) is 0 Å². The molecule has 1 heterocycles. The summed E-state index contributed by atoms with van der Waals surface area (Å²) in [6, 6.07) is 3.25. The molecule has 1 unspecified atom stereocenters. The molecule has 1 aliphatic heterocycles. The highest BCUT2D eigenvalue weighted by atomic mass is 32.2. The maximum absolute atomic E-state index is 13.5. The fourth-order valence-electron chi connectivity index (χ4n) is 2.18. The Morgan fingerprint density at radius 3 is 2.75 bits per heavy atom. The summed E-state index contributed by atoms with van der Waals surface area (Å²) in [5.74, 6) is 1.01. The fourth-order valence-corrected chi connectivity index (χ4v) is 3.16. The second-order valence-corrected chi connectivity index (χ2v) is 6.06. The van der Waals surface area contributed by atoms with Crippen LogP contribution in [0.1, 0.15) is 11.7 Å². The van der Waals surface area contributed by atoms with E-state index in [0.29, 0.717) is 0 Å². The molecule has 2 rings (SSSR count). The van der Waals surface area contributed by atoms with Gasteiger partial charge in [-0.2, -0.15) is 11.8 Å². The summed E-state index contributed by atoms with van der Waals surface area (Å²) in [6.45, 7) is 4.15. The van der Waals surface area contributed by atoms with E-state index >= 15 is 0 Å². The lowest BCUT2D eigenvalue weighted by atomic mass is 10.1. The van der Waals surface area contributed by atoms with Gasteiger partial charge < -0.3 is 15.3 Å². The molecule has 1 aromatic rings. The molecule has 0 aromatic heterocycles. The normalized spacial score (nSPS) is 18.1. The van der Waals surface area contributed by atoms with Crippen LogP contribution < -0.4 is 5.32 Å². The van der Waals surface area contributed by atoms with Gasteiger partial charge in [0, 0.05) is 55.9 Å². The molecular weight excluding hydrogens is 282 g/mol. The molecule has 0 spiro atoms. The standard InChI is InChI=1S/C14H20F2N2OS/c15-11-1-2-12(13(16)9-11)14(19)10-17-3-4-18-5-7-20-8-6-18/h1-2,9,14,17,19H,3-8,10H2. The van der Waals surface area contributed by atoms with E-state index < -0.39 is 17.7 Å². The number of aliphatic hydroxyl groups excluding tert-OH is 1. The lowest BCUT2D eigenvalue weighted by Gasteiger charge is -2.26. The molecule has 1 saturated heterocycles. The van der Waals surface area contributed by atoms with Gasteiger partial charge in [-0.3, -0.25) is 0 Å². The molecular formula is C14H20F2N2OS. The van der Waals surface area contributed by atoms with E-state index in [9.17, 15) is 13.9 Å². The van der Waals surface area contributed by atoms with Crippen LogP contribution in [0.15, 0.2) is 18.2 Å². The van der Waals surface area contributed by atoms with Crippen LogP contribution in [0.25, 0.3) is 0 Å². The predicted molar refractivity (Wildman–Crippen MR) is 78.0 cm³/mol. The Balaban J connectivity index is 1.70. The zero-order chi connectivity index (χ0) is 14.4. The van der Waals surface area contributed by atoms with Gasteiger partial charge in [-0.1, -0.05) is 6.07 Å². The van der Waals surface area contributed by atoms with Crippen molar-refractivity contribution >= 4 is 11.8 Å². The number of hydrogen-bond donors (Lipinski definition) is 2. The first kappa shape index (κ1) is 15.7. The highest BCUT2D eigenvalue weighted by Crippen LogP contribution is 2.17. The number of hydrogen-bond acceptors (Lipinski definition) is 4. The largest absolute Gasteiger partial charge is 0.387 e. The minimum atomic E-state index is -0.951. The van der Waals surface area contributed by atoms with Gasteiger partial charge in [0.1, 0.15) is 11.6 Å². The van der Waals surface area contributed by atoms with Gasteiger partial charge in [0.25, 0.3) is 0 Å². The number of halogens is 2. The van der Waals surface area contributed by atoms with E-state index in [2.05, 4.69) is 10.2 Å². The van der Waals surface area contributed by atoms with Crippen molar-refractivity contribution in [3.63, 3.8) is 0 Å². The molecule has 0 saturated carbocycles. The van der Waals surface area contributed by atoms with E-state index in [1.165, 1.54) is 17.6 Å². The highest BCUT2D eigenvalue weighted by Gasteiger charge is 2.14. The third kappa shape index (κ3) is 4.70. The SMILES string of the molecule is OC(CNCCN1CCSCC1)c1ccc(F)cc1F. The molecule has 6 heteroatoms. The van der Waals surface area contributed by atoms with Crippen molar-refractivity contribution in [2.24, 2.45) is 0 Å². The van der Waals surface area contributed by atoms with E-state index in [1.807, 2.05) is 11.8 Å². The minimum Gasteiger partial charge on any atom is -0.387 e. The Morgan fingerprint density at radius 1 is 1.30 bits per heavy atom. The van der Waals surface area contributed by atoms with Gasteiger partial charge in [0.05, 0.1) is 6.10 Å². The second-order valence-electron chi connectivity index (χ2n) is 4.84. The molecule has 0 radical (unpaired) electrons. The number of nitrogens with zero attached hydrogens (tertiary/aromatic N) is 1. The highest BCUT2D eigenvalue weighted by molar-refractivity contribution is 7.99. The molecule has 0 aliphatic carbocycles. The van der Waals surface area contributed by atoms with Gasteiger partial charge in [-0.05, 0) is 6.07 Å². The summed E-state index contributed by atoms with van der Waals surface area (Å²) in [7, 11) is 0. The summed E-state index contributed by atoms with van der Waals surface area (Å²) >= 11 is 1.97. The van der Waals surface area contributed by atoms with Crippen LogP contribution in [-0.2, 0) is 0 Å². The van der Waals surface area contributed by atoms with Crippen molar-refractivity contribution in [1.29, 1.82) is 0 Å². The first-order valence-electron chi connectivity index (χ1n) is 6.80. The Kier molecular flexibility index (Phi) is 6.22. The topological polar surface area (TPSA) is 35.5 Å². The lowest BCUT2D eigenvalue weighted by molar-refractivity contribution is 0.168. The first-order valence-corrected chi connectivity index (χ1v) is 7.96. The summed E-state index contributed by atoms with van der Waals surface area (Å²) < 4.78 is 26.2. The monoisotopic (exact) mass is 302 g/mol. The number of benzene rings is 1. The van der Waals surface area contributed by atoms with Gasteiger partial charge in [-0.15, -0.1) is 0 Å². The zero-order valence-corrected chi connectivity index (χ0v) is 12.1. The first-order chi connectivity index (χ1) is 9.66. The second kappa shape index (κ2) is 7.93. The van der Waals surface area contributed by atoms with Crippen molar-refractivity contribution in [2.75, 3.05) is 44.2 Å². The Labute approximate surface area is 122 Å². The van der Waals surface area contributed by atoms with Crippen molar-refractivity contribution in [1.82, 2.24) is 10.2 Å². The van der Waals surface area contributed by atoms with Crippen LogP contribution in [0.2, 0.25) is 0 Å². The van der Waals surface area contributed by atoms with Crippen LogP contribution in [0, 0.1) is 11.6 Å². The van der Waals surface area contributed by atoms with Crippen molar-refractivity contribution < 1.29 is 13.9 Å². The van der Waals surface area contributed by atoms with Crippen molar-refractivity contribution in [3.05, 3.63) is 35.4 Å². The number of rotatable bonds is 6. The summed E-state index contributed by atoms with van der Waals surface area (Å²) in [4.78, 5) is 2.37. The van der Waals surface area contributed by atoms with Gasteiger partial charge in [0.15, 0.2) is 0 Å². The average Bonchev–Trinajstić information content (AvgIpc) is 2.44. The van der Waals surface area contributed by atoms with Crippen LogP contribution in [0.4, 0.5) is 8.78 Å². The third-order valence-corrected chi connectivity index (χ3v) is 4.31. The third-order valence-electron chi connectivity index (χ3n) is 3.37. The Bertz CT molecular complexity index is 428. The molecule has 3 nitrogen and oxygen atoms in total. The lowest BCUT2D eigenvalue weighted by Crippen LogP contribution is -2.38. The molecule has 1 aliphatic rings. The number of aliphatic hydroxyl groups is 1. The van der Waals surface area contributed by atoms with Gasteiger partial charge >= 0.3 is 0 Å². The maximum Gasteiger partial charge on any atom is 0.131 e. The quantitative estimate of drug-likeness (QED) is 0.783. The van der Waals surface area contributed by atoms with Gasteiger partial charge in [-0.25, -0.2) is 8.78 Å². The Hall–Kier alpha value is -0.690. The van der Waals surface area contributed by atoms with E-state index in [0.717, 1.165) is 38.3 Å². The smallest absolute Gasteiger partial charge is 0.131 e. The summed E-state index contributed by atoms with van der Waals surface area (Å²) in [5, 5.41) is 13.0. The van der Waals surface area contributed by atoms with Crippen LogP contribution >= 0.6 is 11.8 Å². The minimum absolute atomic E-state index is 0.133. The molecule has 0 bridgehead atoms. The molecule has 1 aromatic carbocycles. The number of nitrogens with one attached hydrogen (secondary N) is 1. The molecule has 2 N–H and O–H groups in total. The molecule has 112 valence electrons. The van der Waals surface area contributed by atoms with E-state index in [1.54, 1.807) is 0 Å². The maximum atomic E-state index is 13.5. The van der Waals surface area contributed by atoms with Crippen molar-refractivity contribution in [3.8, 4) is 0 Å². The van der Waals surface area contributed by atoms with Crippen LogP contribution in [0.5, 0.6) is 0 Å². The molecule has 0 amide bonds.